The Morgan fingerprint density at radius 2 is 2.05 bits per heavy atom. The van der Waals surface area contributed by atoms with Crippen LogP contribution in [0, 0.1) is 6.92 Å². The van der Waals surface area contributed by atoms with Crippen molar-refractivity contribution in [1.82, 2.24) is 10.2 Å². The van der Waals surface area contributed by atoms with Gasteiger partial charge in [0.2, 0.25) is 0 Å². The summed E-state index contributed by atoms with van der Waals surface area (Å²) in [4.78, 5) is 2.53. The lowest BCUT2D eigenvalue weighted by atomic mass is 10.0. The molecule has 0 unspecified atom stereocenters. The van der Waals surface area contributed by atoms with Gasteiger partial charge in [0.25, 0.3) is 0 Å². The fourth-order valence-corrected chi connectivity index (χ4v) is 2.85. The molecule has 3 heteroatoms. The maximum absolute atomic E-state index is 5.95. The molecule has 114 valence electrons. The Labute approximate surface area is 123 Å². The van der Waals surface area contributed by atoms with Gasteiger partial charge in [-0.25, -0.2) is 0 Å². The molecule has 1 saturated heterocycles. The average Bonchev–Trinajstić information content (AvgIpc) is 2.80. The van der Waals surface area contributed by atoms with Crippen LogP contribution in [0.5, 0.6) is 0 Å². The molecule has 1 fully saturated rings. The third-order valence-electron chi connectivity index (χ3n) is 4.30. The molecule has 0 bridgehead atoms. The van der Waals surface area contributed by atoms with Gasteiger partial charge in [0, 0.05) is 23.2 Å². The van der Waals surface area contributed by atoms with E-state index >= 15 is 0 Å². The topological polar surface area (TPSA) is 28.4 Å². The maximum atomic E-state index is 5.95. The van der Waals surface area contributed by atoms with E-state index in [-0.39, 0.29) is 5.54 Å². The minimum atomic E-state index is 0.140. The molecule has 3 nitrogen and oxygen atoms in total. The monoisotopic (exact) mass is 278 g/mol. The quantitative estimate of drug-likeness (QED) is 0.907. The van der Waals surface area contributed by atoms with Crippen molar-refractivity contribution >= 4 is 0 Å². The van der Waals surface area contributed by atoms with E-state index in [1.165, 1.54) is 24.9 Å². The summed E-state index contributed by atoms with van der Waals surface area (Å²) < 4.78 is 5.95. The number of likely N-dealkylation sites (tertiary alicyclic amines) is 1. The summed E-state index contributed by atoms with van der Waals surface area (Å²) in [6, 6.07) is 2.22. The van der Waals surface area contributed by atoms with Gasteiger partial charge < -0.3 is 9.73 Å². The van der Waals surface area contributed by atoms with Crippen molar-refractivity contribution in [2.45, 2.75) is 78.6 Å². The van der Waals surface area contributed by atoms with Crippen LogP contribution in [0.3, 0.4) is 0 Å². The molecule has 1 aromatic heterocycles. The number of rotatable bonds is 4. The fraction of sp³-hybridized carbons (Fsp3) is 0.765. The zero-order valence-electron chi connectivity index (χ0n) is 14.0. The number of furan rings is 1. The van der Waals surface area contributed by atoms with Gasteiger partial charge in [0.1, 0.15) is 11.5 Å². The summed E-state index contributed by atoms with van der Waals surface area (Å²) in [7, 11) is 0. The van der Waals surface area contributed by atoms with Gasteiger partial charge in [-0.15, -0.1) is 0 Å². The molecule has 0 saturated carbocycles. The molecular formula is C17H30N2O. The lowest BCUT2D eigenvalue weighted by molar-refractivity contribution is 0.154. The molecule has 1 aliphatic heterocycles. The Bertz CT molecular complexity index is 454. The number of aryl methyl sites for hydroxylation is 1. The second-order valence-electron chi connectivity index (χ2n) is 7.74. The predicted molar refractivity (Wildman–Crippen MR) is 83.8 cm³/mol. The van der Waals surface area contributed by atoms with E-state index in [9.17, 15) is 0 Å². The van der Waals surface area contributed by atoms with Crippen LogP contribution in [0.25, 0.3) is 0 Å². The zero-order chi connectivity index (χ0) is 15.0. The summed E-state index contributed by atoms with van der Waals surface area (Å²) >= 11 is 0. The van der Waals surface area contributed by atoms with Crippen molar-refractivity contribution in [1.29, 1.82) is 0 Å². The van der Waals surface area contributed by atoms with E-state index in [4.69, 9.17) is 4.42 Å². The Morgan fingerprint density at radius 3 is 2.60 bits per heavy atom. The van der Waals surface area contributed by atoms with Crippen molar-refractivity contribution in [3.63, 3.8) is 0 Å². The molecule has 1 aliphatic rings. The molecule has 2 rings (SSSR count). The van der Waals surface area contributed by atoms with Gasteiger partial charge in [-0.1, -0.05) is 0 Å². The third kappa shape index (κ3) is 3.86. The zero-order valence-corrected chi connectivity index (χ0v) is 14.0. The Balaban J connectivity index is 2.00. The largest absolute Gasteiger partial charge is 0.465 e. The van der Waals surface area contributed by atoms with Crippen molar-refractivity contribution in [3.05, 3.63) is 23.2 Å². The summed E-state index contributed by atoms with van der Waals surface area (Å²) in [5, 5.41) is 3.53. The number of nitrogens with one attached hydrogen (secondary N) is 1. The SMILES string of the molecule is Cc1oc(CN2CCCC2(C)C)cc1CNC(C)(C)C. The third-order valence-corrected chi connectivity index (χ3v) is 4.30. The Kier molecular flexibility index (Phi) is 4.31. The molecule has 20 heavy (non-hydrogen) atoms. The van der Waals surface area contributed by atoms with Crippen LogP contribution < -0.4 is 5.32 Å². The number of hydrogen-bond donors (Lipinski definition) is 1. The van der Waals surface area contributed by atoms with E-state index in [2.05, 4.69) is 57.8 Å². The Hall–Kier alpha value is -0.800. The molecule has 0 aromatic carbocycles. The van der Waals surface area contributed by atoms with Crippen molar-refractivity contribution in [2.75, 3.05) is 6.54 Å². The first-order valence-electron chi connectivity index (χ1n) is 7.76. The van der Waals surface area contributed by atoms with Crippen LogP contribution in [-0.2, 0) is 13.1 Å². The van der Waals surface area contributed by atoms with Crippen LogP contribution in [0.4, 0.5) is 0 Å². The van der Waals surface area contributed by atoms with E-state index in [1.54, 1.807) is 0 Å². The average molecular weight is 278 g/mol. The summed E-state index contributed by atoms with van der Waals surface area (Å²) in [5.74, 6) is 2.15. The van der Waals surface area contributed by atoms with Crippen LogP contribution in [0.1, 0.15) is 64.5 Å². The van der Waals surface area contributed by atoms with Crippen LogP contribution in [0.2, 0.25) is 0 Å². The van der Waals surface area contributed by atoms with Gasteiger partial charge >= 0.3 is 0 Å². The number of hydrogen-bond acceptors (Lipinski definition) is 3. The van der Waals surface area contributed by atoms with Crippen LogP contribution in [0.15, 0.2) is 10.5 Å². The molecule has 2 heterocycles. The standard InChI is InChI=1S/C17H30N2O/c1-13-14(11-18-16(2,3)4)10-15(20-13)12-19-9-7-8-17(19,5)6/h10,18H,7-9,11-12H2,1-6H3. The first kappa shape index (κ1) is 15.6. The number of nitrogens with zero attached hydrogens (tertiary/aromatic N) is 1. The first-order valence-corrected chi connectivity index (χ1v) is 7.76. The highest BCUT2D eigenvalue weighted by molar-refractivity contribution is 5.21. The second-order valence-corrected chi connectivity index (χ2v) is 7.74. The lowest BCUT2D eigenvalue weighted by Gasteiger charge is -2.30. The minimum absolute atomic E-state index is 0.140. The van der Waals surface area contributed by atoms with Gasteiger partial charge in [0.15, 0.2) is 0 Å². The van der Waals surface area contributed by atoms with Crippen LogP contribution >= 0.6 is 0 Å². The van der Waals surface area contributed by atoms with Gasteiger partial charge in [-0.05, 0) is 67.0 Å². The van der Waals surface area contributed by atoms with Crippen molar-refractivity contribution in [2.24, 2.45) is 0 Å². The highest BCUT2D eigenvalue weighted by Crippen LogP contribution is 2.30. The molecule has 0 amide bonds. The van der Waals surface area contributed by atoms with E-state index in [0.29, 0.717) is 5.54 Å². The second kappa shape index (κ2) is 5.53. The van der Waals surface area contributed by atoms with Crippen LogP contribution in [-0.4, -0.2) is 22.5 Å². The molecule has 0 radical (unpaired) electrons. The van der Waals surface area contributed by atoms with Crippen molar-refractivity contribution in [3.8, 4) is 0 Å². The molecule has 1 N–H and O–H groups in total. The minimum Gasteiger partial charge on any atom is -0.465 e. The van der Waals surface area contributed by atoms with Gasteiger partial charge in [-0.3, -0.25) is 4.90 Å². The van der Waals surface area contributed by atoms with E-state index in [0.717, 1.165) is 24.6 Å². The molecular weight excluding hydrogens is 248 g/mol. The molecule has 0 spiro atoms. The Morgan fingerprint density at radius 1 is 1.35 bits per heavy atom. The molecule has 0 aliphatic carbocycles. The predicted octanol–water partition coefficient (Wildman–Crippen LogP) is 3.85. The summed E-state index contributed by atoms with van der Waals surface area (Å²) in [6.07, 6.45) is 2.58. The molecule has 0 atom stereocenters. The normalized spacial score (nSPS) is 19.7. The highest BCUT2D eigenvalue weighted by Gasteiger charge is 2.32. The van der Waals surface area contributed by atoms with E-state index < -0.39 is 0 Å². The smallest absolute Gasteiger partial charge is 0.118 e. The van der Waals surface area contributed by atoms with Crippen molar-refractivity contribution < 1.29 is 4.42 Å². The van der Waals surface area contributed by atoms with Gasteiger partial charge in [-0.2, -0.15) is 0 Å². The maximum Gasteiger partial charge on any atom is 0.118 e. The lowest BCUT2D eigenvalue weighted by Crippen LogP contribution is -2.37. The first-order chi connectivity index (χ1) is 9.17. The summed E-state index contributed by atoms with van der Waals surface area (Å²) in [6.45, 7) is 16.3. The van der Waals surface area contributed by atoms with E-state index in [1.807, 2.05) is 0 Å². The fourth-order valence-electron chi connectivity index (χ4n) is 2.85. The molecule has 1 aromatic rings. The summed E-state index contributed by atoms with van der Waals surface area (Å²) in [5.41, 5.74) is 1.73. The highest BCUT2D eigenvalue weighted by atomic mass is 16.3. The van der Waals surface area contributed by atoms with Gasteiger partial charge in [0.05, 0.1) is 6.54 Å².